The zero-order valence-corrected chi connectivity index (χ0v) is 21.6. The molecule has 2 saturated carbocycles. The molecule has 2 aliphatic carbocycles. The second-order valence-electron chi connectivity index (χ2n) is 10.7. The van der Waals surface area contributed by atoms with E-state index in [1.165, 1.54) is 29.1 Å². The van der Waals surface area contributed by atoms with Crippen molar-refractivity contribution in [3.8, 4) is 11.8 Å². The predicted octanol–water partition coefficient (Wildman–Crippen LogP) is 4.87. The van der Waals surface area contributed by atoms with Crippen LogP contribution in [-0.2, 0) is 12.6 Å². The summed E-state index contributed by atoms with van der Waals surface area (Å²) in [4.78, 5) is 17.7. The Morgan fingerprint density at radius 1 is 1.27 bits per heavy atom. The molecule has 0 bridgehead atoms. The van der Waals surface area contributed by atoms with Crippen LogP contribution in [0, 0.1) is 35.3 Å². The van der Waals surface area contributed by atoms with Gasteiger partial charge in [-0.25, -0.2) is 13.8 Å². The summed E-state index contributed by atoms with van der Waals surface area (Å²) in [5.74, 6) is 5.41. The minimum atomic E-state index is -1.12. The number of anilines is 1. The summed E-state index contributed by atoms with van der Waals surface area (Å²) in [7, 11) is 1.76. The number of aryl methyl sites for hydroxylation is 1. The largest absolute Gasteiger partial charge is 0.378 e. The van der Waals surface area contributed by atoms with E-state index in [0.717, 1.165) is 24.7 Å². The molecule has 2 N–H and O–H groups in total. The van der Waals surface area contributed by atoms with Gasteiger partial charge in [0.2, 0.25) is 0 Å². The summed E-state index contributed by atoms with van der Waals surface area (Å²) in [5.41, 5.74) is -0.301. The summed E-state index contributed by atoms with van der Waals surface area (Å²) in [6, 6.07) is 4.04. The molecule has 7 nitrogen and oxygen atoms in total. The first-order valence-corrected chi connectivity index (χ1v) is 12.6. The van der Waals surface area contributed by atoms with Gasteiger partial charge in [-0.15, -0.1) is 0 Å². The molecule has 2 unspecified atom stereocenters. The zero-order valence-electron chi connectivity index (χ0n) is 20.8. The van der Waals surface area contributed by atoms with E-state index in [1.54, 1.807) is 17.9 Å². The van der Waals surface area contributed by atoms with Crippen molar-refractivity contribution < 1.29 is 18.7 Å². The summed E-state index contributed by atoms with van der Waals surface area (Å²) in [6.45, 7) is 3.66. The fraction of sp³-hybridized carbons (Fsp3) is 0.444. The van der Waals surface area contributed by atoms with E-state index >= 15 is 0 Å². The summed E-state index contributed by atoms with van der Waals surface area (Å²) >= 11 is 5.85. The van der Waals surface area contributed by atoms with E-state index in [2.05, 4.69) is 27.2 Å². The van der Waals surface area contributed by atoms with Gasteiger partial charge in [-0.05, 0) is 69.6 Å². The summed E-state index contributed by atoms with van der Waals surface area (Å²) in [5, 5.41) is 18.0. The third-order valence-corrected chi connectivity index (χ3v) is 7.80. The van der Waals surface area contributed by atoms with Crippen LogP contribution >= 0.6 is 11.6 Å². The predicted molar refractivity (Wildman–Crippen MR) is 135 cm³/mol. The van der Waals surface area contributed by atoms with Crippen LogP contribution in [0.15, 0.2) is 36.9 Å². The number of benzene rings is 1. The molecule has 5 rings (SSSR count). The minimum Gasteiger partial charge on any atom is -0.378 e. The fourth-order valence-electron chi connectivity index (χ4n) is 5.71. The number of hydrogen-bond acceptors (Lipinski definition) is 4. The van der Waals surface area contributed by atoms with Gasteiger partial charge in [0.1, 0.15) is 22.7 Å². The molecule has 3 aromatic rings. The van der Waals surface area contributed by atoms with Gasteiger partial charge in [0.05, 0.1) is 29.4 Å². The number of halogens is 3. The Hall–Kier alpha value is -3.22. The number of amides is 1. The minimum absolute atomic E-state index is 0.0672. The number of aromatic nitrogens is 4. The van der Waals surface area contributed by atoms with E-state index in [9.17, 15) is 18.7 Å². The van der Waals surface area contributed by atoms with Gasteiger partial charge < -0.3 is 15.0 Å². The monoisotopic (exact) mass is 527 g/mol. The van der Waals surface area contributed by atoms with Crippen LogP contribution in [0.4, 0.5) is 14.5 Å². The van der Waals surface area contributed by atoms with E-state index in [4.69, 9.17) is 11.6 Å². The molecule has 2 aliphatic rings. The van der Waals surface area contributed by atoms with E-state index in [1.807, 2.05) is 13.8 Å². The van der Waals surface area contributed by atoms with Crippen molar-refractivity contribution in [2.45, 2.75) is 56.6 Å². The van der Waals surface area contributed by atoms with E-state index in [-0.39, 0.29) is 28.7 Å². The second kappa shape index (κ2) is 9.26. The standard InChI is InChI=1S/C27H28ClF2N5O2/c1-26(2,35-14-19(29)13-32-35)6-7-27(37)11-17-8-16(9-18(17)12-27)23-24(34(3)15-31-23)25(36)33-20-4-5-22(30)21(28)10-20/h4-5,10,13-18,37H,8-9,11-12H2,1-3H3,(H,33,36). The third kappa shape index (κ3) is 5.00. The van der Waals surface area contributed by atoms with Crippen molar-refractivity contribution in [3.05, 3.63) is 65.0 Å². The van der Waals surface area contributed by atoms with E-state index in [0.29, 0.717) is 24.2 Å². The molecule has 2 aromatic heterocycles. The van der Waals surface area contributed by atoms with Crippen molar-refractivity contribution in [3.63, 3.8) is 0 Å². The van der Waals surface area contributed by atoms with Gasteiger partial charge in [0.25, 0.3) is 5.91 Å². The molecule has 10 heteroatoms. The van der Waals surface area contributed by atoms with Crippen molar-refractivity contribution in [1.29, 1.82) is 0 Å². The average molecular weight is 528 g/mol. The highest BCUT2D eigenvalue weighted by atomic mass is 35.5. The lowest BCUT2D eigenvalue weighted by atomic mass is 9.91. The first-order valence-electron chi connectivity index (χ1n) is 12.2. The number of nitrogens with zero attached hydrogens (tertiary/aromatic N) is 4. The normalized spacial score (nSPS) is 25.0. The molecule has 0 aliphatic heterocycles. The Kier molecular flexibility index (Phi) is 6.37. The second-order valence-corrected chi connectivity index (χ2v) is 11.1. The van der Waals surface area contributed by atoms with Gasteiger partial charge in [-0.1, -0.05) is 23.4 Å². The molecule has 2 fully saturated rings. The number of nitrogens with one attached hydrogen (secondary N) is 1. The van der Waals surface area contributed by atoms with Crippen LogP contribution in [0.25, 0.3) is 0 Å². The van der Waals surface area contributed by atoms with Crippen molar-refractivity contribution in [1.82, 2.24) is 19.3 Å². The smallest absolute Gasteiger partial charge is 0.274 e. The topological polar surface area (TPSA) is 85.0 Å². The van der Waals surface area contributed by atoms with Crippen LogP contribution in [-0.4, -0.2) is 35.9 Å². The Bertz CT molecular complexity index is 1410. The van der Waals surface area contributed by atoms with Crippen LogP contribution < -0.4 is 5.32 Å². The maximum atomic E-state index is 13.5. The highest BCUT2D eigenvalue weighted by Gasteiger charge is 2.49. The van der Waals surface area contributed by atoms with Gasteiger partial charge in [0, 0.05) is 18.7 Å². The quantitative estimate of drug-likeness (QED) is 0.474. The highest BCUT2D eigenvalue weighted by molar-refractivity contribution is 6.31. The van der Waals surface area contributed by atoms with Gasteiger partial charge >= 0.3 is 0 Å². The van der Waals surface area contributed by atoms with Crippen molar-refractivity contribution >= 4 is 23.2 Å². The van der Waals surface area contributed by atoms with Crippen LogP contribution in [0.3, 0.4) is 0 Å². The molecule has 1 amide bonds. The molecule has 2 heterocycles. The highest BCUT2D eigenvalue weighted by Crippen LogP contribution is 2.53. The Morgan fingerprint density at radius 2 is 1.97 bits per heavy atom. The molecular weight excluding hydrogens is 500 g/mol. The average Bonchev–Trinajstić information content (AvgIpc) is 3.58. The SMILES string of the molecule is Cn1cnc(C2CC3CC(O)(C#CC(C)(C)n4cc(F)cn4)CC3C2)c1C(=O)Nc1ccc(F)c(Cl)c1. The number of fused-ring (bicyclic) bond motifs is 1. The molecular formula is C27H28ClF2N5O2. The Balaban J connectivity index is 1.28. The first kappa shape index (κ1) is 25.4. The molecule has 0 spiro atoms. The lowest BCUT2D eigenvalue weighted by Gasteiger charge is -2.22. The molecule has 0 saturated heterocycles. The zero-order chi connectivity index (χ0) is 26.5. The molecule has 1 aromatic carbocycles. The van der Waals surface area contributed by atoms with Gasteiger partial charge in [-0.2, -0.15) is 5.10 Å². The maximum Gasteiger partial charge on any atom is 0.274 e. The maximum absolute atomic E-state index is 13.5. The van der Waals surface area contributed by atoms with Crippen LogP contribution in [0.1, 0.15) is 61.6 Å². The number of rotatable bonds is 4. The lowest BCUT2D eigenvalue weighted by Crippen LogP contribution is -2.28. The molecule has 0 radical (unpaired) electrons. The third-order valence-electron chi connectivity index (χ3n) is 7.51. The van der Waals surface area contributed by atoms with Crippen LogP contribution in [0.5, 0.6) is 0 Å². The van der Waals surface area contributed by atoms with Crippen LogP contribution in [0.2, 0.25) is 5.02 Å². The van der Waals surface area contributed by atoms with Crippen molar-refractivity contribution in [2.75, 3.05) is 5.32 Å². The molecule has 2 atom stereocenters. The number of aliphatic hydroxyl groups is 1. The number of carbonyl (C=O) groups excluding carboxylic acids is 1. The Morgan fingerprint density at radius 3 is 2.59 bits per heavy atom. The summed E-state index contributed by atoms with van der Waals surface area (Å²) in [6.07, 6.45) is 6.71. The number of carbonyl (C=O) groups is 1. The Labute approximate surface area is 218 Å². The lowest BCUT2D eigenvalue weighted by molar-refractivity contribution is 0.0975. The van der Waals surface area contributed by atoms with Gasteiger partial charge in [0.15, 0.2) is 5.82 Å². The number of imidazole rings is 1. The van der Waals surface area contributed by atoms with Gasteiger partial charge in [-0.3, -0.25) is 9.48 Å². The molecule has 194 valence electrons. The number of hydrogen-bond donors (Lipinski definition) is 2. The summed E-state index contributed by atoms with van der Waals surface area (Å²) < 4.78 is 30.0. The van der Waals surface area contributed by atoms with Crippen molar-refractivity contribution in [2.24, 2.45) is 18.9 Å². The fourth-order valence-corrected chi connectivity index (χ4v) is 5.89. The molecule has 37 heavy (non-hydrogen) atoms. The van der Waals surface area contributed by atoms with E-state index < -0.39 is 22.8 Å². The first-order chi connectivity index (χ1) is 17.4.